The van der Waals surface area contributed by atoms with Gasteiger partial charge in [-0.15, -0.1) is 21.5 Å². The highest BCUT2D eigenvalue weighted by Gasteiger charge is 2.21. The van der Waals surface area contributed by atoms with Crippen LogP contribution in [0.1, 0.15) is 35.3 Å². The highest BCUT2D eigenvalue weighted by atomic mass is 32.2. The second-order valence-electron chi connectivity index (χ2n) is 5.49. The van der Waals surface area contributed by atoms with E-state index in [4.69, 9.17) is 11.7 Å². The van der Waals surface area contributed by atoms with Gasteiger partial charge in [-0.3, -0.25) is 10.2 Å². The fourth-order valence-corrected chi connectivity index (χ4v) is 4.72. The average molecular weight is 378 g/mol. The fraction of sp³-hybridized carbons (Fsp3) is 0.429. The highest BCUT2D eigenvalue weighted by Crippen LogP contribution is 2.37. The number of aryl methyl sites for hydroxylation is 1. The van der Waals surface area contributed by atoms with Crippen LogP contribution in [0.2, 0.25) is 0 Å². The number of hydrazine groups is 1. The standard InChI is InChI=1S/C14H18N8OS2/c15-7-9-8-3-1-2-4-10(8)25-12(9)18-11(23)5-6-24-14-21-20-13(19-16)22(14)17/h1-6,16-17H2,(H,18,23)(H,19,20). The minimum Gasteiger partial charge on any atom is -0.334 e. The number of nitrogens with zero attached hydrogens (tertiary/aromatic N) is 4. The van der Waals surface area contributed by atoms with Gasteiger partial charge in [0, 0.05) is 17.1 Å². The van der Waals surface area contributed by atoms with Crippen molar-refractivity contribution in [2.45, 2.75) is 37.3 Å². The lowest BCUT2D eigenvalue weighted by molar-refractivity contribution is -0.115. The Morgan fingerprint density at radius 1 is 1.40 bits per heavy atom. The smallest absolute Gasteiger partial charge is 0.258 e. The number of nitriles is 1. The normalized spacial score (nSPS) is 13.1. The molecule has 0 fully saturated rings. The molecule has 0 bridgehead atoms. The molecule has 0 saturated carbocycles. The maximum absolute atomic E-state index is 12.2. The molecule has 0 aromatic carbocycles. The van der Waals surface area contributed by atoms with E-state index >= 15 is 0 Å². The molecular formula is C14H18N8OS2. The van der Waals surface area contributed by atoms with Crippen LogP contribution < -0.4 is 22.4 Å². The third-order valence-corrected chi connectivity index (χ3v) is 6.04. The maximum atomic E-state index is 12.2. The van der Waals surface area contributed by atoms with Crippen molar-refractivity contribution in [3.8, 4) is 6.07 Å². The number of rotatable bonds is 6. The van der Waals surface area contributed by atoms with Crippen LogP contribution in [0.15, 0.2) is 5.16 Å². The number of thiophene rings is 1. The number of fused-ring (bicyclic) bond motifs is 1. The second-order valence-corrected chi connectivity index (χ2v) is 7.66. The summed E-state index contributed by atoms with van der Waals surface area (Å²) in [5.41, 5.74) is 4.06. The molecular weight excluding hydrogens is 360 g/mol. The summed E-state index contributed by atoms with van der Waals surface area (Å²) in [4.78, 5) is 13.4. The van der Waals surface area contributed by atoms with Gasteiger partial charge in [-0.05, 0) is 31.2 Å². The van der Waals surface area contributed by atoms with Crippen LogP contribution in [0.4, 0.5) is 10.9 Å². The third-order valence-electron chi connectivity index (χ3n) is 3.89. The zero-order valence-corrected chi connectivity index (χ0v) is 15.0. The lowest BCUT2D eigenvalue weighted by Gasteiger charge is -2.09. The Bertz CT molecular complexity index is 822. The monoisotopic (exact) mass is 378 g/mol. The van der Waals surface area contributed by atoms with Crippen LogP contribution in [0.5, 0.6) is 0 Å². The van der Waals surface area contributed by atoms with E-state index in [1.54, 1.807) is 0 Å². The predicted octanol–water partition coefficient (Wildman–Crippen LogP) is 1.21. The number of anilines is 2. The van der Waals surface area contributed by atoms with E-state index in [2.05, 4.69) is 27.0 Å². The van der Waals surface area contributed by atoms with E-state index in [1.165, 1.54) is 32.7 Å². The van der Waals surface area contributed by atoms with Crippen LogP contribution in [-0.2, 0) is 17.6 Å². The molecule has 0 aliphatic heterocycles. The summed E-state index contributed by atoms with van der Waals surface area (Å²) in [6, 6.07) is 2.24. The molecule has 25 heavy (non-hydrogen) atoms. The number of nitrogens with two attached hydrogens (primary N) is 2. The predicted molar refractivity (Wildman–Crippen MR) is 97.6 cm³/mol. The van der Waals surface area contributed by atoms with Gasteiger partial charge < -0.3 is 11.2 Å². The summed E-state index contributed by atoms with van der Waals surface area (Å²) in [5.74, 6) is 11.6. The number of thioether (sulfide) groups is 1. The van der Waals surface area contributed by atoms with Crippen molar-refractivity contribution in [1.82, 2.24) is 14.9 Å². The van der Waals surface area contributed by atoms with Gasteiger partial charge in [-0.2, -0.15) is 5.26 Å². The molecule has 3 rings (SSSR count). The Labute approximate surface area is 152 Å². The zero-order valence-electron chi connectivity index (χ0n) is 13.4. The van der Waals surface area contributed by atoms with Crippen LogP contribution in [0.3, 0.4) is 0 Å². The SMILES string of the molecule is N#Cc1c(NC(=O)CCSc2nnc(NN)n2N)sc2c1CCCC2. The van der Waals surface area contributed by atoms with Gasteiger partial charge in [-0.25, -0.2) is 10.5 Å². The van der Waals surface area contributed by atoms with Gasteiger partial charge in [0.15, 0.2) is 0 Å². The van der Waals surface area contributed by atoms with Crippen molar-refractivity contribution in [3.63, 3.8) is 0 Å². The molecule has 1 aliphatic rings. The Morgan fingerprint density at radius 3 is 2.92 bits per heavy atom. The Kier molecular flexibility index (Phi) is 5.42. The first-order valence-corrected chi connectivity index (χ1v) is 9.58. The largest absolute Gasteiger partial charge is 0.334 e. The third kappa shape index (κ3) is 3.71. The van der Waals surface area contributed by atoms with Crippen molar-refractivity contribution in [3.05, 3.63) is 16.0 Å². The van der Waals surface area contributed by atoms with Crippen molar-refractivity contribution < 1.29 is 4.79 Å². The van der Waals surface area contributed by atoms with E-state index in [1.807, 2.05) is 0 Å². The Hall–Kier alpha value is -2.29. The first kappa shape index (κ1) is 17.5. The lowest BCUT2D eigenvalue weighted by atomic mass is 9.96. The first-order chi connectivity index (χ1) is 12.1. The van der Waals surface area contributed by atoms with E-state index in [0.29, 0.717) is 21.5 Å². The average Bonchev–Trinajstić information content (AvgIpc) is 3.14. The molecule has 9 nitrogen and oxygen atoms in total. The number of nitrogen functional groups attached to an aromatic ring is 2. The van der Waals surface area contributed by atoms with Crippen LogP contribution in [-0.4, -0.2) is 26.5 Å². The number of aromatic nitrogens is 3. The topological polar surface area (TPSA) is 148 Å². The number of nitrogens with one attached hydrogen (secondary N) is 2. The summed E-state index contributed by atoms with van der Waals surface area (Å²) < 4.78 is 1.23. The molecule has 1 amide bonds. The van der Waals surface area contributed by atoms with Crippen molar-refractivity contribution >= 4 is 40.0 Å². The molecule has 6 N–H and O–H groups in total. The van der Waals surface area contributed by atoms with Crippen molar-refractivity contribution in [2.75, 3.05) is 22.3 Å². The first-order valence-electron chi connectivity index (χ1n) is 7.78. The molecule has 0 radical (unpaired) electrons. The quantitative estimate of drug-likeness (QED) is 0.333. The molecule has 132 valence electrons. The van der Waals surface area contributed by atoms with E-state index < -0.39 is 0 Å². The lowest BCUT2D eigenvalue weighted by Crippen LogP contribution is -2.19. The van der Waals surface area contributed by atoms with E-state index in [-0.39, 0.29) is 18.3 Å². The summed E-state index contributed by atoms with van der Waals surface area (Å²) in [6.45, 7) is 0. The van der Waals surface area contributed by atoms with Crippen molar-refractivity contribution in [1.29, 1.82) is 5.26 Å². The number of carbonyl (C=O) groups is 1. The number of carbonyl (C=O) groups excluding carboxylic acids is 1. The molecule has 2 aromatic heterocycles. The summed E-state index contributed by atoms with van der Waals surface area (Å²) in [6.07, 6.45) is 4.42. The van der Waals surface area contributed by atoms with Gasteiger partial charge >= 0.3 is 0 Å². The van der Waals surface area contributed by atoms with Gasteiger partial charge in [-0.1, -0.05) is 11.8 Å². The van der Waals surface area contributed by atoms with E-state index in [0.717, 1.165) is 31.2 Å². The summed E-state index contributed by atoms with van der Waals surface area (Å²) >= 11 is 2.83. The molecule has 2 heterocycles. The van der Waals surface area contributed by atoms with Crippen molar-refractivity contribution in [2.24, 2.45) is 5.84 Å². The molecule has 0 unspecified atom stereocenters. The minimum absolute atomic E-state index is 0.136. The molecule has 11 heteroatoms. The van der Waals surface area contributed by atoms with Gasteiger partial charge in [0.1, 0.15) is 11.1 Å². The van der Waals surface area contributed by atoms with Gasteiger partial charge in [0.2, 0.25) is 11.1 Å². The Morgan fingerprint density at radius 2 is 2.20 bits per heavy atom. The Balaban J connectivity index is 1.57. The number of hydrogen-bond acceptors (Lipinski definition) is 9. The summed E-state index contributed by atoms with van der Waals surface area (Å²) in [5, 5.41) is 21.0. The highest BCUT2D eigenvalue weighted by molar-refractivity contribution is 7.99. The van der Waals surface area contributed by atoms with Crippen LogP contribution in [0.25, 0.3) is 0 Å². The van der Waals surface area contributed by atoms with Gasteiger partial charge in [0.25, 0.3) is 5.95 Å². The van der Waals surface area contributed by atoms with Gasteiger partial charge in [0.05, 0.1) is 5.56 Å². The number of hydrogen-bond donors (Lipinski definition) is 4. The van der Waals surface area contributed by atoms with E-state index in [9.17, 15) is 10.1 Å². The molecule has 0 atom stereocenters. The fourth-order valence-electron chi connectivity index (χ4n) is 2.67. The zero-order chi connectivity index (χ0) is 17.8. The minimum atomic E-state index is -0.136. The molecule has 0 saturated heterocycles. The maximum Gasteiger partial charge on any atom is 0.258 e. The molecule has 2 aromatic rings. The van der Waals surface area contributed by atoms with Crippen LogP contribution in [0, 0.1) is 11.3 Å². The second kappa shape index (κ2) is 7.73. The summed E-state index contributed by atoms with van der Waals surface area (Å²) in [7, 11) is 0. The van der Waals surface area contributed by atoms with Crippen LogP contribution >= 0.6 is 23.1 Å². The number of amides is 1. The molecule has 1 aliphatic carbocycles. The molecule has 0 spiro atoms.